The SMILES string of the molecule is C=CCONS(=O)O. The Labute approximate surface area is 49.9 Å². The lowest BCUT2D eigenvalue weighted by molar-refractivity contribution is 0.118. The Morgan fingerprint density at radius 1 is 2.00 bits per heavy atom. The van der Waals surface area contributed by atoms with Crippen molar-refractivity contribution < 1.29 is 13.6 Å². The van der Waals surface area contributed by atoms with Gasteiger partial charge in [0.1, 0.15) is 0 Å². The summed E-state index contributed by atoms with van der Waals surface area (Å²) in [6, 6.07) is 0. The van der Waals surface area contributed by atoms with Gasteiger partial charge < -0.3 is 0 Å². The van der Waals surface area contributed by atoms with E-state index in [-0.39, 0.29) is 6.61 Å². The first-order chi connectivity index (χ1) is 3.77. The second-order valence-corrected chi connectivity index (χ2v) is 1.60. The largest absolute Gasteiger partial charge is 0.292 e. The van der Waals surface area contributed by atoms with Gasteiger partial charge in [-0.25, -0.2) is 4.21 Å². The molecule has 1 atom stereocenters. The molecule has 0 saturated heterocycles. The lowest BCUT2D eigenvalue weighted by atomic mass is 10.7. The van der Waals surface area contributed by atoms with Gasteiger partial charge in [-0.2, -0.15) is 0 Å². The van der Waals surface area contributed by atoms with E-state index in [9.17, 15) is 4.21 Å². The molecule has 0 fully saturated rings. The molecule has 0 aliphatic heterocycles. The van der Waals surface area contributed by atoms with Gasteiger partial charge in [-0.3, -0.25) is 9.39 Å². The van der Waals surface area contributed by atoms with Crippen molar-refractivity contribution in [1.82, 2.24) is 4.89 Å². The molecule has 0 radical (unpaired) electrons. The van der Waals surface area contributed by atoms with Crippen LogP contribution in [0.15, 0.2) is 12.7 Å². The maximum absolute atomic E-state index is 9.71. The van der Waals surface area contributed by atoms with Gasteiger partial charge >= 0.3 is 0 Å². The van der Waals surface area contributed by atoms with Gasteiger partial charge in [-0.1, -0.05) is 11.0 Å². The summed E-state index contributed by atoms with van der Waals surface area (Å²) in [4.78, 5) is 6.13. The topological polar surface area (TPSA) is 58.6 Å². The van der Waals surface area contributed by atoms with Crippen molar-refractivity contribution in [2.45, 2.75) is 0 Å². The number of nitrogens with one attached hydrogen (secondary N) is 1. The van der Waals surface area contributed by atoms with Crippen LogP contribution in [0.4, 0.5) is 0 Å². The highest BCUT2D eigenvalue weighted by Gasteiger charge is 1.85. The van der Waals surface area contributed by atoms with Crippen LogP contribution in [0.1, 0.15) is 0 Å². The highest BCUT2D eigenvalue weighted by molar-refractivity contribution is 7.76. The molecule has 0 bridgehead atoms. The van der Waals surface area contributed by atoms with Crippen LogP contribution in [-0.4, -0.2) is 15.4 Å². The lowest BCUT2D eigenvalue weighted by Crippen LogP contribution is -2.16. The minimum Gasteiger partial charge on any atom is -0.292 e. The molecule has 0 aliphatic rings. The van der Waals surface area contributed by atoms with E-state index in [0.29, 0.717) is 0 Å². The summed E-state index contributed by atoms with van der Waals surface area (Å²) in [6.07, 6.45) is 1.46. The third kappa shape index (κ3) is 5.77. The van der Waals surface area contributed by atoms with E-state index >= 15 is 0 Å². The normalized spacial score (nSPS) is 13.1. The molecule has 0 aromatic carbocycles. The van der Waals surface area contributed by atoms with E-state index in [1.165, 1.54) is 6.08 Å². The highest BCUT2D eigenvalue weighted by atomic mass is 32.2. The predicted octanol–water partition coefficient (Wildman–Crippen LogP) is -0.170. The maximum Gasteiger partial charge on any atom is 0.256 e. The average Bonchev–Trinajstić information content (AvgIpc) is 1.66. The second-order valence-electron chi connectivity index (χ2n) is 0.932. The Kier molecular flexibility index (Phi) is 4.78. The fourth-order valence-corrected chi connectivity index (χ4v) is 0.312. The molecule has 8 heavy (non-hydrogen) atoms. The smallest absolute Gasteiger partial charge is 0.256 e. The van der Waals surface area contributed by atoms with Crippen molar-refractivity contribution in [2.24, 2.45) is 0 Å². The number of hydrogen-bond acceptors (Lipinski definition) is 2. The summed E-state index contributed by atoms with van der Waals surface area (Å²) in [7, 11) is 0. The number of hydrogen-bond donors (Lipinski definition) is 2. The van der Waals surface area contributed by atoms with Crippen LogP contribution in [0.5, 0.6) is 0 Å². The summed E-state index contributed by atoms with van der Waals surface area (Å²) in [5.74, 6) is 0. The molecule has 48 valence electrons. The van der Waals surface area contributed by atoms with Crippen molar-refractivity contribution in [3.05, 3.63) is 12.7 Å². The Balaban J connectivity index is 2.93. The Bertz CT molecular complexity index is 94.5. The van der Waals surface area contributed by atoms with E-state index in [2.05, 4.69) is 11.4 Å². The average molecular weight is 137 g/mol. The molecule has 0 rings (SSSR count). The van der Waals surface area contributed by atoms with Crippen LogP contribution in [-0.2, 0) is 16.1 Å². The molecule has 0 aromatic rings. The van der Waals surface area contributed by atoms with Gasteiger partial charge in [-0.15, -0.1) is 6.58 Å². The molecule has 0 heterocycles. The fraction of sp³-hybridized carbons (Fsp3) is 0.333. The van der Waals surface area contributed by atoms with E-state index < -0.39 is 11.3 Å². The predicted molar refractivity (Wildman–Crippen MR) is 30.1 cm³/mol. The lowest BCUT2D eigenvalue weighted by Gasteiger charge is -1.93. The van der Waals surface area contributed by atoms with Crippen LogP contribution in [0.2, 0.25) is 0 Å². The van der Waals surface area contributed by atoms with Crippen LogP contribution in [0.3, 0.4) is 0 Å². The Hall–Kier alpha value is -0.230. The van der Waals surface area contributed by atoms with Gasteiger partial charge in [0.15, 0.2) is 0 Å². The Morgan fingerprint density at radius 2 is 2.62 bits per heavy atom. The summed E-state index contributed by atoms with van der Waals surface area (Å²) < 4.78 is 17.7. The minimum atomic E-state index is -2.09. The molecular weight excluding hydrogens is 130 g/mol. The zero-order valence-electron chi connectivity index (χ0n) is 4.16. The van der Waals surface area contributed by atoms with Gasteiger partial charge in [0.05, 0.1) is 6.61 Å². The zero-order chi connectivity index (χ0) is 6.41. The van der Waals surface area contributed by atoms with Gasteiger partial charge in [0.2, 0.25) is 0 Å². The summed E-state index contributed by atoms with van der Waals surface area (Å²) >= 11 is -2.09. The highest BCUT2D eigenvalue weighted by Crippen LogP contribution is 1.68. The van der Waals surface area contributed by atoms with Gasteiger partial charge in [0, 0.05) is 0 Å². The quantitative estimate of drug-likeness (QED) is 0.245. The van der Waals surface area contributed by atoms with E-state index in [1.807, 2.05) is 0 Å². The first-order valence-corrected chi connectivity index (χ1v) is 2.97. The molecule has 0 aliphatic carbocycles. The van der Waals surface area contributed by atoms with Crippen molar-refractivity contribution >= 4 is 11.3 Å². The summed E-state index contributed by atoms with van der Waals surface area (Å²) in [5, 5.41) is 0. The molecule has 2 N–H and O–H groups in total. The molecule has 0 spiro atoms. The van der Waals surface area contributed by atoms with Crippen LogP contribution in [0, 0.1) is 0 Å². The first kappa shape index (κ1) is 7.77. The monoisotopic (exact) mass is 137 g/mol. The van der Waals surface area contributed by atoms with E-state index in [1.54, 1.807) is 4.89 Å². The first-order valence-electron chi connectivity index (χ1n) is 1.86. The molecule has 1 unspecified atom stereocenters. The molecule has 0 amide bonds. The molecule has 4 nitrogen and oxygen atoms in total. The molecule has 0 saturated carbocycles. The van der Waals surface area contributed by atoms with Gasteiger partial charge in [0.25, 0.3) is 11.3 Å². The molecule has 0 aromatic heterocycles. The maximum atomic E-state index is 9.71. The molecule has 5 heteroatoms. The molecular formula is C3H7NO3S. The third-order valence-electron chi connectivity index (χ3n) is 0.331. The van der Waals surface area contributed by atoms with Crippen molar-refractivity contribution in [2.75, 3.05) is 6.61 Å². The van der Waals surface area contributed by atoms with Crippen molar-refractivity contribution in [1.29, 1.82) is 0 Å². The van der Waals surface area contributed by atoms with E-state index in [4.69, 9.17) is 4.55 Å². The van der Waals surface area contributed by atoms with Crippen LogP contribution < -0.4 is 4.89 Å². The third-order valence-corrected chi connectivity index (χ3v) is 0.592. The number of rotatable bonds is 4. The van der Waals surface area contributed by atoms with Crippen molar-refractivity contribution in [3.63, 3.8) is 0 Å². The van der Waals surface area contributed by atoms with Crippen LogP contribution >= 0.6 is 0 Å². The summed E-state index contributed by atoms with van der Waals surface area (Å²) in [5.41, 5.74) is 0. The second kappa shape index (κ2) is 4.92. The van der Waals surface area contributed by atoms with Gasteiger partial charge in [-0.05, 0) is 0 Å². The standard InChI is InChI=1S/C3H7NO3S/c1-2-3-7-4-8(5)6/h2,4H,1,3H2,(H,5,6). The zero-order valence-corrected chi connectivity index (χ0v) is 4.98. The van der Waals surface area contributed by atoms with Crippen LogP contribution in [0.25, 0.3) is 0 Å². The Morgan fingerprint density at radius 3 is 3.00 bits per heavy atom. The van der Waals surface area contributed by atoms with Crippen molar-refractivity contribution in [3.8, 4) is 0 Å². The summed E-state index contributed by atoms with van der Waals surface area (Å²) in [6.45, 7) is 3.53. The minimum absolute atomic E-state index is 0.215. The fourth-order valence-electron chi connectivity index (χ4n) is 0.143. The van der Waals surface area contributed by atoms with E-state index in [0.717, 1.165) is 0 Å².